The van der Waals surface area contributed by atoms with Gasteiger partial charge >= 0.3 is 0 Å². The van der Waals surface area contributed by atoms with Crippen molar-refractivity contribution >= 4 is 0 Å². The Morgan fingerprint density at radius 2 is 2.20 bits per heavy atom. The summed E-state index contributed by atoms with van der Waals surface area (Å²) in [5.74, 6) is 0.562. The summed E-state index contributed by atoms with van der Waals surface area (Å²) in [6.45, 7) is 5.86. The van der Waals surface area contributed by atoms with Gasteiger partial charge in [0.25, 0.3) is 0 Å². The summed E-state index contributed by atoms with van der Waals surface area (Å²) >= 11 is 0. The molecule has 0 saturated heterocycles. The minimum absolute atomic E-state index is 0.0428. The van der Waals surface area contributed by atoms with Crippen LogP contribution >= 0.6 is 0 Å². The summed E-state index contributed by atoms with van der Waals surface area (Å²) in [5, 5.41) is 0. The van der Waals surface area contributed by atoms with E-state index in [1.807, 2.05) is 0 Å². The van der Waals surface area contributed by atoms with Crippen LogP contribution in [-0.4, -0.2) is 13.2 Å². The molecule has 0 aliphatic carbocycles. The molecule has 82 valence electrons. The number of rotatable bonds is 1. The van der Waals surface area contributed by atoms with E-state index in [4.69, 9.17) is 10.5 Å². The molecular weight excluding hydrogens is 186 g/mol. The van der Waals surface area contributed by atoms with Gasteiger partial charge in [0.2, 0.25) is 0 Å². The Hall–Kier alpha value is -0.860. The first kappa shape index (κ1) is 10.7. The molecule has 2 nitrogen and oxygen atoms in total. The van der Waals surface area contributed by atoms with Crippen molar-refractivity contribution in [2.24, 2.45) is 5.73 Å². The largest absolute Gasteiger partial charge is 0.379 e. The maximum absolute atomic E-state index is 6.09. The second kappa shape index (κ2) is 4.33. The van der Waals surface area contributed by atoms with Crippen molar-refractivity contribution in [1.29, 1.82) is 0 Å². The summed E-state index contributed by atoms with van der Waals surface area (Å²) in [5.41, 5.74) is 10.1. The quantitative estimate of drug-likeness (QED) is 0.764. The normalized spacial score (nSPS) is 21.2. The van der Waals surface area contributed by atoms with Crippen molar-refractivity contribution in [3.63, 3.8) is 0 Å². The van der Waals surface area contributed by atoms with Crippen LogP contribution in [0.1, 0.15) is 42.5 Å². The molecule has 15 heavy (non-hydrogen) atoms. The van der Waals surface area contributed by atoms with Gasteiger partial charge in [-0.05, 0) is 29.0 Å². The van der Waals surface area contributed by atoms with Crippen LogP contribution in [0, 0.1) is 0 Å². The third kappa shape index (κ3) is 2.21. The number of ether oxygens (including phenoxy) is 1. The zero-order valence-electron chi connectivity index (χ0n) is 9.49. The SMILES string of the molecule is CC(C)c1ccc2c(c1)C(N)COCC2. The Morgan fingerprint density at radius 1 is 1.40 bits per heavy atom. The zero-order valence-corrected chi connectivity index (χ0v) is 9.49. The maximum atomic E-state index is 6.09. The standard InChI is InChI=1S/C13H19NO/c1-9(2)11-4-3-10-5-6-15-8-13(14)12(10)7-11/h3-4,7,9,13H,5-6,8,14H2,1-2H3. The number of hydrogen-bond acceptors (Lipinski definition) is 2. The number of hydrogen-bond donors (Lipinski definition) is 1. The van der Waals surface area contributed by atoms with Crippen molar-refractivity contribution in [3.8, 4) is 0 Å². The van der Waals surface area contributed by atoms with Gasteiger partial charge in [-0.1, -0.05) is 32.0 Å². The topological polar surface area (TPSA) is 35.2 Å². The van der Waals surface area contributed by atoms with Crippen molar-refractivity contribution in [3.05, 3.63) is 34.9 Å². The summed E-state index contributed by atoms with van der Waals surface area (Å²) in [4.78, 5) is 0. The molecular formula is C13H19NO. The molecule has 1 heterocycles. The first-order valence-corrected chi connectivity index (χ1v) is 5.64. The van der Waals surface area contributed by atoms with Gasteiger partial charge in [0.1, 0.15) is 0 Å². The van der Waals surface area contributed by atoms with Crippen LogP contribution in [0.15, 0.2) is 18.2 Å². The van der Waals surface area contributed by atoms with Crippen LogP contribution in [0.3, 0.4) is 0 Å². The molecule has 0 radical (unpaired) electrons. The lowest BCUT2D eigenvalue weighted by molar-refractivity contribution is 0.131. The Kier molecular flexibility index (Phi) is 3.08. The van der Waals surface area contributed by atoms with E-state index in [1.165, 1.54) is 16.7 Å². The van der Waals surface area contributed by atoms with Gasteiger partial charge in [-0.25, -0.2) is 0 Å². The average molecular weight is 205 g/mol. The number of fused-ring (bicyclic) bond motifs is 1. The van der Waals surface area contributed by atoms with E-state index in [2.05, 4.69) is 32.0 Å². The minimum atomic E-state index is 0.0428. The average Bonchev–Trinajstić information content (AvgIpc) is 2.40. The van der Waals surface area contributed by atoms with Crippen LogP contribution in [0.25, 0.3) is 0 Å². The van der Waals surface area contributed by atoms with Crippen molar-refractivity contribution < 1.29 is 4.74 Å². The van der Waals surface area contributed by atoms with Crippen molar-refractivity contribution in [1.82, 2.24) is 0 Å². The molecule has 1 aliphatic heterocycles. The highest BCUT2D eigenvalue weighted by Gasteiger charge is 2.16. The second-order valence-corrected chi connectivity index (χ2v) is 4.54. The summed E-state index contributed by atoms with van der Waals surface area (Å²) < 4.78 is 5.46. The Balaban J connectivity index is 2.39. The molecule has 2 rings (SSSR count). The second-order valence-electron chi connectivity index (χ2n) is 4.54. The summed E-state index contributed by atoms with van der Waals surface area (Å²) in [7, 11) is 0. The fourth-order valence-corrected chi connectivity index (χ4v) is 2.03. The zero-order chi connectivity index (χ0) is 10.8. The highest BCUT2D eigenvalue weighted by Crippen LogP contribution is 2.25. The van der Waals surface area contributed by atoms with E-state index in [0.717, 1.165) is 13.0 Å². The Morgan fingerprint density at radius 3 is 2.93 bits per heavy atom. The van der Waals surface area contributed by atoms with Gasteiger partial charge in [-0.3, -0.25) is 0 Å². The molecule has 0 bridgehead atoms. The molecule has 2 heteroatoms. The third-order valence-electron chi connectivity index (χ3n) is 3.05. The monoisotopic (exact) mass is 205 g/mol. The van der Waals surface area contributed by atoms with E-state index in [0.29, 0.717) is 12.5 Å². The lowest BCUT2D eigenvalue weighted by Crippen LogP contribution is -2.16. The van der Waals surface area contributed by atoms with E-state index in [-0.39, 0.29) is 6.04 Å². The molecule has 1 aromatic rings. The fraction of sp³-hybridized carbons (Fsp3) is 0.538. The molecule has 0 aromatic heterocycles. The van der Waals surface area contributed by atoms with E-state index >= 15 is 0 Å². The summed E-state index contributed by atoms with van der Waals surface area (Å²) in [6, 6.07) is 6.71. The molecule has 0 spiro atoms. The van der Waals surface area contributed by atoms with Gasteiger partial charge in [0.05, 0.1) is 19.3 Å². The molecule has 1 aromatic carbocycles. The highest BCUT2D eigenvalue weighted by molar-refractivity contribution is 5.36. The van der Waals surface area contributed by atoms with Crippen LogP contribution in [0.5, 0.6) is 0 Å². The number of benzene rings is 1. The molecule has 0 saturated carbocycles. The van der Waals surface area contributed by atoms with Crippen LogP contribution in [0.4, 0.5) is 0 Å². The van der Waals surface area contributed by atoms with Gasteiger partial charge in [-0.2, -0.15) is 0 Å². The van der Waals surface area contributed by atoms with Crippen LogP contribution < -0.4 is 5.73 Å². The highest BCUT2D eigenvalue weighted by atomic mass is 16.5. The fourth-order valence-electron chi connectivity index (χ4n) is 2.03. The van der Waals surface area contributed by atoms with E-state index < -0.39 is 0 Å². The first-order chi connectivity index (χ1) is 7.18. The van der Waals surface area contributed by atoms with Crippen LogP contribution in [0.2, 0.25) is 0 Å². The molecule has 0 amide bonds. The third-order valence-corrected chi connectivity index (χ3v) is 3.05. The maximum Gasteiger partial charge on any atom is 0.0659 e. The number of nitrogens with two attached hydrogens (primary N) is 1. The molecule has 1 unspecified atom stereocenters. The minimum Gasteiger partial charge on any atom is -0.379 e. The van der Waals surface area contributed by atoms with Crippen molar-refractivity contribution in [2.75, 3.05) is 13.2 Å². The van der Waals surface area contributed by atoms with Crippen molar-refractivity contribution in [2.45, 2.75) is 32.2 Å². The van der Waals surface area contributed by atoms with Gasteiger partial charge in [0.15, 0.2) is 0 Å². The van der Waals surface area contributed by atoms with Gasteiger partial charge < -0.3 is 10.5 Å². The summed E-state index contributed by atoms with van der Waals surface area (Å²) in [6.07, 6.45) is 0.988. The Bertz CT molecular complexity index is 346. The van der Waals surface area contributed by atoms with Crippen LogP contribution in [-0.2, 0) is 11.2 Å². The predicted molar refractivity (Wildman–Crippen MR) is 62.0 cm³/mol. The molecule has 2 N–H and O–H groups in total. The smallest absolute Gasteiger partial charge is 0.0659 e. The molecule has 1 atom stereocenters. The lowest BCUT2D eigenvalue weighted by Gasteiger charge is -2.15. The predicted octanol–water partition coefficient (Wildman–Crippen LogP) is 2.38. The van der Waals surface area contributed by atoms with Gasteiger partial charge in [0, 0.05) is 0 Å². The van der Waals surface area contributed by atoms with Gasteiger partial charge in [-0.15, -0.1) is 0 Å². The Labute approximate surface area is 91.4 Å². The first-order valence-electron chi connectivity index (χ1n) is 5.64. The van der Waals surface area contributed by atoms with E-state index in [9.17, 15) is 0 Å². The molecule has 0 fully saturated rings. The molecule has 1 aliphatic rings. The lowest BCUT2D eigenvalue weighted by atomic mass is 9.93. The van der Waals surface area contributed by atoms with E-state index in [1.54, 1.807) is 0 Å².